The second-order valence-corrected chi connectivity index (χ2v) is 4.87. The van der Waals surface area contributed by atoms with Crippen LogP contribution in [0, 0.1) is 0 Å². The van der Waals surface area contributed by atoms with Crippen LogP contribution in [-0.4, -0.2) is 23.8 Å². The van der Waals surface area contributed by atoms with Crippen molar-refractivity contribution in [3.8, 4) is 0 Å². The summed E-state index contributed by atoms with van der Waals surface area (Å²) in [5.41, 5.74) is 0.955. The minimum absolute atomic E-state index is 0.0799. The van der Waals surface area contributed by atoms with Gasteiger partial charge >= 0.3 is 0 Å². The number of aliphatic hydroxyl groups excluding tert-OH is 1. The lowest BCUT2D eigenvalue weighted by Gasteiger charge is -2.19. The predicted molar refractivity (Wildman–Crippen MR) is 69.3 cm³/mol. The molecule has 90 valence electrons. The van der Waals surface area contributed by atoms with E-state index in [2.05, 4.69) is 5.32 Å². The molecule has 2 nitrogen and oxygen atoms in total. The van der Waals surface area contributed by atoms with E-state index < -0.39 is 0 Å². The third-order valence-electron chi connectivity index (χ3n) is 2.41. The maximum Gasteiger partial charge on any atom is 0.0582 e. The third-order valence-corrected chi connectivity index (χ3v) is 3.12. The molecule has 0 aromatic heterocycles. The molecule has 0 amide bonds. The molecule has 0 spiro atoms. The number of aliphatic hydroxyl groups is 1. The van der Waals surface area contributed by atoms with Gasteiger partial charge in [0.25, 0.3) is 0 Å². The Morgan fingerprint density at radius 3 is 2.25 bits per heavy atom. The van der Waals surface area contributed by atoms with Gasteiger partial charge < -0.3 is 10.4 Å². The van der Waals surface area contributed by atoms with Crippen LogP contribution in [0.4, 0.5) is 0 Å². The molecule has 16 heavy (non-hydrogen) atoms. The number of hydrogen-bond donors (Lipinski definition) is 2. The van der Waals surface area contributed by atoms with Gasteiger partial charge in [0.1, 0.15) is 0 Å². The highest BCUT2D eigenvalue weighted by molar-refractivity contribution is 6.35. The molecule has 0 fully saturated rings. The highest BCUT2D eigenvalue weighted by Gasteiger charge is 2.11. The van der Waals surface area contributed by atoms with E-state index in [1.54, 1.807) is 0 Å². The van der Waals surface area contributed by atoms with Crippen LogP contribution in [0.25, 0.3) is 0 Å². The smallest absolute Gasteiger partial charge is 0.0582 e. The molecule has 2 atom stereocenters. The van der Waals surface area contributed by atoms with Crippen LogP contribution in [0.3, 0.4) is 0 Å². The molecule has 0 saturated heterocycles. The Morgan fingerprint density at radius 1 is 1.19 bits per heavy atom. The highest BCUT2D eigenvalue weighted by atomic mass is 35.5. The highest BCUT2D eigenvalue weighted by Crippen LogP contribution is 2.25. The van der Waals surface area contributed by atoms with E-state index in [9.17, 15) is 0 Å². The van der Waals surface area contributed by atoms with Crippen LogP contribution in [0.2, 0.25) is 10.0 Å². The van der Waals surface area contributed by atoms with Crippen LogP contribution in [-0.2, 0) is 6.42 Å². The average Bonchev–Trinajstić information content (AvgIpc) is 2.23. The first kappa shape index (κ1) is 13.8. The molecule has 0 radical (unpaired) electrons. The Labute approximate surface area is 107 Å². The molecule has 0 aliphatic carbocycles. The molecule has 0 bridgehead atoms. The van der Waals surface area contributed by atoms with Crippen LogP contribution in [0.15, 0.2) is 18.2 Å². The summed E-state index contributed by atoms with van der Waals surface area (Å²) in [5, 5.41) is 13.6. The SMILES string of the molecule is CC(Cc1c(Cl)cccc1Cl)N[C@@H](C)CO. The zero-order chi connectivity index (χ0) is 12.1. The fraction of sp³-hybridized carbons (Fsp3) is 0.500. The van der Waals surface area contributed by atoms with Gasteiger partial charge in [-0.15, -0.1) is 0 Å². The largest absolute Gasteiger partial charge is 0.395 e. The molecule has 1 aromatic rings. The second-order valence-electron chi connectivity index (χ2n) is 4.06. The van der Waals surface area contributed by atoms with Crippen molar-refractivity contribution in [1.29, 1.82) is 0 Å². The fourth-order valence-corrected chi connectivity index (χ4v) is 2.18. The van der Waals surface area contributed by atoms with E-state index in [1.165, 1.54) is 0 Å². The van der Waals surface area contributed by atoms with Gasteiger partial charge in [-0.2, -0.15) is 0 Å². The van der Waals surface area contributed by atoms with Crippen molar-refractivity contribution < 1.29 is 5.11 Å². The molecule has 1 unspecified atom stereocenters. The van der Waals surface area contributed by atoms with Gasteiger partial charge in [-0.1, -0.05) is 29.3 Å². The first-order valence-corrected chi connectivity index (χ1v) is 6.10. The molecular formula is C12H17Cl2NO. The molecule has 2 N–H and O–H groups in total. The van der Waals surface area contributed by atoms with Crippen LogP contribution < -0.4 is 5.32 Å². The van der Waals surface area contributed by atoms with Gasteiger partial charge in [-0.25, -0.2) is 0 Å². The summed E-state index contributed by atoms with van der Waals surface area (Å²) in [7, 11) is 0. The Bertz CT molecular complexity index is 324. The zero-order valence-corrected chi connectivity index (χ0v) is 11.0. The molecule has 1 rings (SSSR count). The quantitative estimate of drug-likeness (QED) is 0.855. The molecule has 0 aliphatic heterocycles. The van der Waals surface area contributed by atoms with Gasteiger partial charge in [-0.3, -0.25) is 0 Å². The van der Waals surface area contributed by atoms with Gasteiger partial charge in [0.15, 0.2) is 0 Å². The number of benzene rings is 1. The summed E-state index contributed by atoms with van der Waals surface area (Å²) in [4.78, 5) is 0. The minimum Gasteiger partial charge on any atom is -0.395 e. The van der Waals surface area contributed by atoms with Crippen LogP contribution in [0.1, 0.15) is 19.4 Å². The summed E-state index contributed by atoms with van der Waals surface area (Å²) in [6.07, 6.45) is 0.753. The van der Waals surface area contributed by atoms with Crippen molar-refractivity contribution in [2.45, 2.75) is 32.4 Å². The van der Waals surface area contributed by atoms with Crippen LogP contribution >= 0.6 is 23.2 Å². The summed E-state index contributed by atoms with van der Waals surface area (Å²) >= 11 is 12.2. The van der Waals surface area contributed by atoms with Crippen molar-refractivity contribution in [2.75, 3.05) is 6.61 Å². The van der Waals surface area contributed by atoms with Gasteiger partial charge in [0.2, 0.25) is 0 Å². The van der Waals surface area contributed by atoms with Crippen molar-refractivity contribution in [3.63, 3.8) is 0 Å². The fourth-order valence-electron chi connectivity index (χ4n) is 1.63. The molecule has 1 aromatic carbocycles. The Morgan fingerprint density at radius 2 is 1.75 bits per heavy atom. The molecule has 0 heterocycles. The first-order chi connectivity index (χ1) is 7.54. The van der Waals surface area contributed by atoms with Crippen molar-refractivity contribution in [1.82, 2.24) is 5.32 Å². The number of rotatable bonds is 5. The average molecular weight is 262 g/mol. The Balaban J connectivity index is 2.66. The molecular weight excluding hydrogens is 245 g/mol. The standard InChI is InChI=1S/C12H17Cl2NO/c1-8(15-9(2)7-16)6-10-11(13)4-3-5-12(10)14/h3-5,8-9,15-16H,6-7H2,1-2H3/t8?,9-/m0/s1. The summed E-state index contributed by atoms with van der Waals surface area (Å²) in [6.45, 7) is 4.11. The molecule has 4 heteroatoms. The molecule has 0 aliphatic rings. The lowest BCUT2D eigenvalue weighted by atomic mass is 10.1. The monoisotopic (exact) mass is 261 g/mol. The van der Waals surface area contributed by atoms with Gasteiger partial charge in [0.05, 0.1) is 6.61 Å². The number of halogens is 2. The maximum absolute atomic E-state index is 8.94. The number of hydrogen-bond acceptors (Lipinski definition) is 2. The van der Waals surface area contributed by atoms with E-state index >= 15 is 0 Å². The van der Waals surface area contributed by atoms with E-state index in [4.69, 9.17) is 28.3 Å². The maximum atomic E-state index is 8.94. The van der Waals surface area contributed by atoms with Gasteiger partial charge in [-0.05, 0) is 38.0 Å². The summed E-state index contributed by atoms with van der Waals surface area (Å²) < 4.78 is 0. The third kappa shape index (κ3) is 3.95. The van der Waals surface area contributed by atoms with Gasteiger partial charge in [0, 0.05) is 22.1 Å². The predicted octanol–water partition coefficient (Wildman–Crippen LogP) is 2.89. The van der Waals surface area contributed by atoms with Crippen molar-refractivity contribution in [2.24, 2.45) is 0 Å². The Hall–Kier alpha value is -0.280. The summed E-state index contributed by atoms with van der Waals surface area (Å²) in [6, 6.07) is 5.81. The van der Waals surface area contributed by atoms with E-state index in [0.717, 1.165) is 12.0 Å². The van der Waals surface area contributed by atoms with Crippen molar-refractivity contribution >= 4 is 23.2 Å². The van der Waals surface area contributed by atoms with Crippen LogP contribution in [0.5, 0.6) is 0 Å². The van der Waals surface area contributed by atoms with Crippen molar-refractivity contribution in [3.05, 3.63) is 33.8 Å². The van der Waals surface area contributed by atoms with E-state index in [0.29, 0.717) is 10.0 Å². The zero-order valence-electron chi connectivity index (χ0n) is 9.50. The second kappa shape index (κ2) is 6.45. The minimum atomic E-state index is 0.0799. The number of nitrogens with one attached hydrogen (secondary N) is 1. The Kier molecular flexibility index (Phi) is 5.56. The molecule has 0 saturated carbocycles. The summed E-state index contributed by atoms with van der Waals surface area (Å²) in [5.74, 6) is 0. The van der Waals surface area contributed by atoms with E-state index in [-0.39, 0.29) is 18.7 Å². The lowest BCUT2D eigenvalue weighted by Crippen LogP contribution is -2.38. The lowest BCUT2D eigenvalue weighted by molar-refractivity contribution is 0.242. The first-order valence-electron chi connectivity index (χ1n) is 5.34. The topological polar surface area (TPSA) is 32.3 Å². The normalized spacial score (nSPS) is 14.8. The van der Waals surface area contributed by atoms with E-state index in [1.807, 2.05) is 32.0 Å².